The van der Waals surface area contributed by atoms with Crippen LogP contribution in [-0.4, -0.2) is 25.3 Å². The van der Waals surface area contributed by atoms with Crippen LogP contribution in [0.3, 0.4) is 0 Å². The first-order chi connectivity index (χ1) is 4.91. The summed E-state index contributed by atoms with van der Waals surface area (Å²) in [4.78, 5) is 0. The molecule has 0 aromatic heterocycles. The molecule has 1 spiro atoms. The van der Waals surface area contributed by atoms with E-state index >= 15 is 0 Å². The summed E-state index contributed by atoms with van der Waals surface area (Å²) in [6, 6.07) is 0. The highest BCUT2D eigenvalue weighted by Crippen LogP contribution is 2.27. The predicted molar refractivity (Wildman–Crippen MR) is 38.6 cm³/mol. The molecule has 0 unspecified atom stereocenters. The van der Waals surface area contributed by atoms with E-state index in [-0.39, 0.29) is 5.60 Å². The molecule has 2 heterocycles. The fourth-order valence-electron chi connectivity index (χ4n) is 1.59. The molecule has 0 aromatic rings. The van der Waals surface area contributed by atoms with Gasteiger partial charge in [-0.15, -0.1) is 0 Å². The first-order valence-corrected chi connectivity index (χ1v) is 3.84. The minimum absolute atomic E-state index is 0.0747. The summed E-state index contributed by atoms with van der Waals surface area (Å²) in [5.41, 5.74) is 0.0747. The van der Waals surface area contributed by atoms with Crippen molar-refractivity contribution in [3.63, 3.8) is 0 Å². The van der Waals surface area contributed by atoms with E-state index in [4.69, 9.17) is 4.74 Å². The van der Waals surface area contributed by atoms with Crippen LogP contribution in [0.2, 0.25) is 0 Å². The molecule has 55 valence electrons. The third kappa shape index (κ3) is 0.976. The number of rotatable bonds is 0. The van der Waals surface area contributed by atoms with E-state index in [0.717, 1.165) is 25.9 Å². The summed E-state index contributed by atoms with van der Waals surface area (Å²) in [5.74, 6) is 0. The Balaban J connectivity index is 2.05. The van der Waals surface area contributed by atoms with Gasteiger partial charge in [-0.3, -0.25) is 0 Å². The molecule has 1 saturated heterocycles. The van der Waals surface area contributed by atoms with Crippen LogP contribution in [0.4, 0.5) is 0 Å². The van der Waals surface area contributed by atoms with Gasteiger partial charge in [0.15, 0.2) is 0 Å². The molecule has 0 amide bonds. The van der Waals surface area contributed by atoms with E-state index < -0.39 is 0 Å². The molecule has 2 aliphatic rings. The van der Waals surface area contributed by atoms with Crippen LogP contribution < -0.4 is 5.32 Å². The van der Waals surface area contributed by atoms with Gasteiger partial charge in [0.2, 0.25) is 0 Å². The van der Waals surface area contributed by atoms with Crippen molar-refractivity contribution in [1.29, 1.82) is 0 Å². The highest BCUT2D eigenvalue weighted by atomic mass is 16.5. The Kier molecular flexibility index (Phi) is 1.51. The zero-order valence-corrected chi connectivity index (χ0v) is 6.02. The van der Waals surface area contributed by atoms with Crippen molar-refractivity contribution in [2.75, 3.05) is 19.7 Å². The quantitative estimate of drug-likeness (QED) is 0.526. The predicted octanol–water partition coefficient (Wildman–Crippen LogP) is 0.498. The molecular formula is C8H12NO. The maximum Gasteiger partial charge on any atom is 0.0897 e. The number of hydrogen-bond donors (Lipinski definition) is 1. The maximum atomic E-state index is 5.57. The Hall–Kier alpha value is -0.340. The second-order valence-corrected chi connectivity index (χ2v) is 2.95. The van der Waals surface area contributed by atoms with Crippen LogP contribution in [0, 0.1) is 6.08 Å². The summed E-state index contributed by atoms with van der Waals surface area (Å²) in [6.07, 6.45) is 7.43. The fourth-order valence-corrected chi connectivity index (χ4v) is 1.59. The lowest BCUT2D eigenvalue weighted by Crippen LogP contribution is -2.40. The minimum atomic E-state index is 0.0747. The summed E-state index contributed by atoms with van der Waals surface area (Å²) >= 11 is 0. The van der Waals surface area contributed by atoms with E-state index in [1.807, 2.05) is 0 Å². The Labute approximate surface area is 61.3 Å². The van der Waals surface area contributed by atoms with Crippen molar-refractivity contribution in [3.05, 3.63) is 12.2 Å². The monoisotopic (exact) mass is 138 g/mol. The van der Waals surface area contributed by atoms with Crippen LogP contribution in [0.15, 0.2) is 6.08 Å². The first kappa shape index (κ1) is 6.38. The third-order valence-corrected chi connectivity index (χ3v) is 2.26. The molecule has 1 N–H and O–H groups in total. The number of hydrogen-bond acceptors (Lipinski definition) is 2. The molecule has 0 atom stereocenters. The van der Waals surface area contributed by atoms with Gasteiger partial charge in [0.25, 0.3) is 0 Å². The van der Waals surface area contributed by atoms with Gasteiger partial charge >= 0.3 is 0 Å². The van der Waals surface area contributed by atoms with Gasteiger partial charge < -0.3 is 10.1 Å². The van der Waals surface area contributed by atoms with Crippen molar-refractivity contribution in [1.82, 2.24) is 5.32 Å². The fraction of sp³-hybridized carbons (Fsp3) is 0.750. The number of ether oxygens (including phenoxy) is 1. The van der Waals surface area contributed by atoms with E-state index in [1.165, 1.54) is 0 Å². The summed E-state index contributed by atoms with van der Waals surface area (Å²) in [5, 5.41) is 3.31. The lowest BCUT2D eigenvalue weighted by atomic mass is 9.93. The molecule has 0 aromatic carbocycles. The molecule has 2 heteroatoms. The number of piperidine rings is 1. The Morgan fingerprint density at radius 3 is 2.80 bits per heavy atom. The van der Waals surface area contributed by atoms with Crippen LogP contribution in [0.5, 0.6) is 0 Å². The molecule has 10 heavy (non-hydrogen) atoms. The van der Waals surface area contributed by atoms with Crippen molar-refractivity contribution in [2.24, 2.45) is 0 Å². The van der Waals surface area contributed by atoms with E-state index in [9.17, 15) is 0 Å². The van der Waals surface area contributed by atoms with Crippen LogP contribution >= 0.6 is 0 Å². The SMILES string of the molecule is [C]1=CC2(CCNCC2)OC1. The van der Waals surface area contributed by atoms with Crippen LogP contribution in [0.1, 0.15) is 12.8 Å². The Morgan fingerprint density at radius 2 is 2.20 bits per heavy atom. The molecule has 1 fully saturated rings. The van der Waals surface area contributed by atoms with Crippen molar-refractivity contribution in [2.45, 2.75) is 18.4 Å². The van der Waals surface area contributed by atoms with E-state index in [1.54, 1.807) is 0 Å². The van der Waals surface area contributed by atoms with Crippen molar-refractivity contribution in [3.8, 4) is 0 Å². The molecule has 2 nitrogen and oxygen atoms in total. The third-order valence-electron chi connectivity index (χ3n) is 2.26. The van der Waals surface area contributed by atoms with Crippen molar-refractivity contribution < 1.29 is 4.74 Å². The second-order valence-electron chi connectivity index (χ2n) is 2.95. The minimum Gasteiger partial charge on any atom is -0.366 e. The Bertz CT molecular complexity index is 147. The lowest BCUT2D eigenvalue weighted by molar-refractivity contribution is 0.00191. The average molecular weight is 138 g/mol. The van der Waals surface area contributed by atoms with Gasteiger partial charge in [-0.25, -0.2) is 0 Å². The van der Waals surface area contributed by atoms with Gasteiger partial charge in [-0.05, 0) is 38.1 Å². The average Bonchev–Trinajstić information content (AvgIpc) is 2.39. The Morgan fingerprint density at radius 1 is 1.40 bits per heavy atom. The van der Waals surface area contributed by atoms with Gasteiger partial charge in [-0.2, -0.15) is 0 Å². The highest BCUT2D eigenvalue weighted by molar-refractivity contribution is 5.05. The number of nitrogens with one attached hydrogen (secondary N) is 1. The summed E-state index contributed by atoms with van der Waals surface area (Å²) < 4.78 is 5.57. The first-order valence-electron chi connectivity index (χ1n) is 3.84. The summed E-state index contributed by atoms with van der Waals surface area (Å²) in [6.45, 7) is 2.86. The highest BCUT2D eigenvalue weighted by Gasteiger charge is 2.32. The van der Waals surface area contributed by atoms with Gasteiger partial charge in [0, 0.05) is 0 Å². The molecule has 1 radical (unpaired) electrons. The lowest BCUT2D eigenvalue weighted by Gasteiger charge is -2.31. The second kappa shape index (κ2) is 2.36. The normalized spacial score (nSPS) is 29.6. The zero-order chi connectivity index (χ0) is 6.86. The molecule has 0 bridgehead atoms. The smallest absolute Gasteiger partial charge is 0.0897 e. The van der Waals surface area contributed by atoms with E-state index in [0.29, 0.717) is 6.61 Å². The summed E-state index contributed by atoms with van der Waals surface area (Å²) in [7, 11) is 0. The van der Waals surface area contributed by atoms with E-state index in [2.05, 4.69) is 17.5 Å². The van der Waals surface area contributed by atoms with Gasteiger partial charge in [0.1, 0.15) is 0 Å². The largest absolute Gasteiger partial charge is 0.366 e. The van der Waals surface area contributed by atoms with Crippen molar-refractivity contribution >= 4 is 0 Å². The van der Waals surface area contributed by atoms with Gasteiger partial charge in [0.05, 0.1) is 12.2 Å². The van der Waals surface area contributed by atoms with Crippen LogP contribution in [0.25, 0.3) is 0 Å². The molecule has 2 rings (SSSR count). The molecule has 0 saturated carbocycles. The molecule has 0 aliphatic carbocycles. The maximum absolute atomic E-state index is 5.57. The topological polar surface area (TPSA) is 21.3 Å². The molecular weight excluding hydrogens is 126 g/mol. The molecule has 2 aliphatic heterocycles. The zero-order valence-electron chi connectivity index (χ0n) is 6.02. The van der Waals surface area contributed by atoms with Crippen LogP contribution in [-0.2, 0) is 4.74 Å². The standard InChI is InChI=1S/C8H12NO/c1-2-8(10-7-1)3-5-9-6-4-8/h2,9H,3-7H2. The van der Waals surface area contributed by atoms with Gasteiger partial charge in [-0.1, -0.05) is 0 Å².